The van der Waals surface area contributed by atoms with Crippen molar-refractivity contribution in [2.75, 3.05) is 0 Å². The molecule has 2 aromatic rings. The van der Waals surface area contributed by atoms with E-state index in [2.05, 4.69) is 10.3 Å². The maximum absolute atomic E-state index is 11.8. The van der Waals surface area contributed by atoms with Crippen LogP contribution in [0.5, 0.6) is 0 Å². The van der Waals surface area contributed by atoms with E-state index in [1.165, 1.54) is 0 Å². The van der Waals surface area contributed by atoms with Gasteiger partial charge in [0.05, 0.1) is 0 Å². The molecular formula is C16H19N3O5. The fourth-order valence-electron chi connectivity index (χ4n) is 2.40. The number of carboxylic acid groups (broad SMARTS) is 2. The molecule has 2 unspecified atom stereocenters. The Bertz CT molecular complexity index is 755. The average molecular weight is 333 g/mol. The molecule has 0 aliphatic heterocycles. The molecule has 0 saturated carbocycles. The lowest BCUT2D eigenvalue weighted by Gasteiger charge is -2.15. The summed E-state index contributed by atoms with van der Waals surface area (Å²) in [5.74, 6) is -2.90. The zero-order chi connectivity index (χ0) is 17.7. The van der Waals surface area contributed by atoms with Gasteiger partial charge in [0, 0.05) is 29.9 Å². The molecule has 0 spiro atoms. The molecule has 1 aromatic heterocycles. The number of aromatic nitrogens is 1. The van der Waals surface area contributed by atoms with Crippen LogP contribution in [0.15, 0.2) is 30.5 Å². The highest BCUT2D eigenvalue weighted by Crippen LogP contribution is 2.19. The van der Waals surface area contributed by atoms with E-state index in [0.717, 1.165) is 16.5 Å². The lowest BCUT2D eigenvalue weighted by atomic mass is 10.0. The second kappa shape index (κ2) is 7.60. The number of carboxylic acids is 2. The van der Waals surface area contributed by atoms with Crippen LogP contribution < -0.4 is 11.1 Å². The molecule has 0 fully saturated rings. The molecular weight excluding hydrogens is 314 g/mol. The zero-order valence-electron chi connectivity index (χ0n) is 12.9. The van der Waals surface area contributed by atoms with E-state index >= 15 is 0 Å². The number of aromatic amines is 1. The molecule has 0 aliphatic carbocycles. The molecule has 2 atom stereocenters. The quantitative estimate of drug-likeness (QED) is 0.475. The summed E-state index contributed by atoms with van der Waals surface area (Å²) < 4.78 is 0. The average Bonchev–Trinajstić information content (AvgIpc) is 2.95. The molecule has 8 nitrogen and oxygen atoms in total. The fraction of sp³-hybridized carbons (Fsp3) is 0.312. The first-order valence-corrected chi connectivity index (χ1v) is 7.44. The molecule has 8 heteroatoms. The predicted molar refractivity (Wildman–Crippen MR) is 86.4 cm³/mol. The van der Waals surface area contributed by atoms with Crippen molar-refractivity contribution in [2.45, 2.75) is 31.3 Å². The summed E-state index contributed by atoms with van der Waals surface area (Å²) in [6.45, 7) is 0. The number of carbonyl (C=O) groups excluding carboxylic acids is 1. The highest BCUT2D eigenvalue weighted by atomic mass is 16.4. The number of aliphatic carboxylic acids is 2. The molecule has 0 saturated heterocycles. The molecule has 6 N–H and O–H groups in total. The maximum Gasteiger partial charge on any atom is 0.326 e. The number of carbonyl (C=O) groups is 3. The van der Waals surface area contributed by atoms with Crippen LogP contribution in [0.25, 0.3) is 10.9 Å². The van der Waals surface area contributed by atoms with E-state index in [4.69, 9.17) is 10.8 Å². The summed E-state index contributed by atoms with van der Waals surface area (Å²) in [6.07, 6.45) is 1.63. The Morgan fingerprint density at radius 2 is 1.88 bits per heavy atom. The summed E-state index contributed by atoms with van der Waals surface area (Å²) >= 11 is 0. The van der Waals surface area contributed by atoms with Crippen molar-refractivity contribution >= 4 is 28.7 Å². The van der Waals surface area contributed by atoms with Gasteiger partial charge in [-0.3, -0.25) is 9.59 Å². The van der Waals surface area contributed by atoms with Crippen LogP contribution in [0, 0.1) is 0 Å². The number of para-hydroxylation sites is 1. The molecule has 1 aromatic carbocycles. The number of amides is 1. The van der Waals surface area contributed by atoms with Crippen LogP contribution in [-0.4, -0.2) is 45.1 Å². The first-order chi connectivity index (χ1) is 11.4. The second-order valence-corrected chi connectivity index (χ2v) is 5.51. The number of benzene rings is 1. The number of hydrogen-bond acceptors (Lipinski definition) is 4. The summed E-state index contributed by atoms with van der Waals surface area (Å²) in [6, 6.07) is 5.21. The Morgan fingerprint density at radius 3 is 2.54 bits per heavy atom. The number of nitrogens with one attached hydrogen (secondary N) is 2. The number of hydrogen-bond donors (Lipinski definition) is 5. The minimum Gasteiger partial charge on any atom is -0.480 e. The second-order valence-electron chi connectivity index (χ2n) is 5.51. The predicted octanol–water partition coefficient (Wildman–Crippen LogP) is 0.472. The lowest BCUT2D eigenvalue weighted by Crippen LogP contribution is -2.43. The smallest absolute Gasteiger partial charge is 0.326 e. The van der Waals surface area contributed by atoms with Gasteiger partial charge in [-0.05, 0) is 18.1 Å². The van der Waals surface area contributed by atoms with E-state index < -0.39 is 29.9 Å². The largest absolute Gasteiger partial charge is 0.480 e. The van der Waals surface area contributed by atoms with E-state index in [1.54, 1.807) is 6.20 Å². The minimum absolute atomic E-state index is 0.0550. The lowest BCUT2D eigenvalue weighted by molar-refractivity contribution is -0.142. The Balaban J connectivity index is 2.01. The summed E-state index contributed by atoms with van der Waals surface area (Å²) in [7, 11) is 0. The van der Waals surface area contributed by atoms with Crippen molar-refractivity contribution in [1.82, 2.24) is 10.3 Å². The minimum atomic E-state index is -1.20. The van der Waals surface area contributed by atoms with Gasteiger partial charge >= 0.3 is 11.9 Å². The van der Waals surface area contributed by atoms with Gasteiger partial charge in [-0.15, -0.1) is 0 Å². The molecule has 0 aliphatic rings. The van der Waals surface area contributed by atoms with Gasteiger partial charge in [-0.2, -0.15) is 0 Å². The summed E-state index contributed by atoms with van der Waals surface area (Å²) in [4.78, 5) is 36.9. The van der Waals surface area contributed by atoms with Crippen molar-refractivity contribution in [3.63, 3.8) is 0 Å². The third-order valence-electron chi connectivity index (χ3n) is 3.73. The number of rotatable bonds is 8. The van der Waals surface area contributed by atoms with Gasteiger partial charge in [0.1, 0.15) is 12.1 Å². The molecule has 128 valence electrons. The first kappa shape index (κ1) is 17.5. The van der Waals surface area contributed by atoms with Gasteiger partial charge in [0.2, 0.25) is 5.91 Å². The third-order valence-corrected chi connectivity index (χ3v) is 3.73. The Kier molecular flexibility index (Phi) is 5.54. The summed E-state index contributed by atoms with van der Waals surface area (Å²) in [5, 5.41) is 21.3. The van der Waals surface area contributed by atoms with Crippen LogP contribution in [0.2, 0.25) is 0 Å². The van der Waals surface area contributed by atoms with Crippen molar-refractivity contribution in [1.29, 1.82) is 0 Å². The van der Waals surface area contributed by atoms with Crippen LogP contribution in [0.1, 0.15) is 18.4 Å². The van der Waals surface area contributed by atoms with Crippen molar-refractivity contribution < 1.29 is 24.6 Å². The van der Waals surface area contributed by atoms with Gasteiger partial charge in [0.25, 0.3) is 0 Å². The summed E-state index contributed by atoms with van der Waals surface area (Å²) in [5.41, 5.74) is 6.99. The van der Waals surface area contributed by atoms with Crippen molar-refractivity contribution in [3.05, 3.63) is 36.0 Å². The first-order valence-electron chi connectivity index (χ1n) is 7.44. The van der Waals surface area contributed by atoms with E-state index in [-0.39, 0.29) is 19.3 Å². The maximum atomic E-state index is 11.8. The van der Waals surface area contributed by atoms with E-state index in [0.29, 0.717) is 0 Å². The standard InChI is InChI=1S/C16H19N3O5/c17-11(15(21)22)5-6-14(20)19-13(16(23)24)7-9-8-18-12-4-2-1-3-10(9)12/h1-4,8,11,13,18H,5-7,17H2,(H,19,20)(H,21,22)(H,23,24). The van der Waals surface area contributed by atoms with E-state index in [9.17, 15) is 19.5 Å². The highest BCUT2D eigenvalue weighted by Gasteiger charge is 2.22. The molecule has 0 bridgehead atoms. The van der Waals surface area contributed by atoms with Crippen molar-refractivity contribution in [3.8, 4) is 0 Å². The molecule has 1 heterocycles. The molecule has 0 radical (unpaired) electrons. The van der Waals surface area contributed by atoms with Crippen LogP contribution >= 0.6 is 0 Å². The van der Waals surface area contributed by atoms with E-state index in [1.807, 2.05) is 24.3 Å². The monoisotopic (exact) mass is 333 g/mol. The Labute approximate surface area is 137 Å². The molecule has 2 rings (SSSR count). The number of fused-ring (bicyclic) bond motifs is 1. The van der Waals surface area contributed by atoms with Gasteiger partial charge in [-0.25, -0.2) is 4.79 Å². The van der Waals surface area contributed by atoms with Crippen LogP contribution in [0.3, 0.4) is 0 Å². The number of H-pyrrole nitrogens is 1. The topological polar surface area (TPSA) is 146 Å². The van der Waals surface area contributed by atoms with Gasteiger partial charge in [0.15, 0.2) is 0 Å². The Hall–Kier alpha value is -2.87. The van der Waals surface area contributed by atoms with Crippen LogP contribution in [-0.2, 0) is 20.8 Å². The molecule has 24 heavy (non-hydrogen) atoms. The number of nitrogens with two attached hydrogens (primary N) is 1. The zero-order valence-corrected chi connectivity index (χ0v) is 12.9. The highest BCUT2D eigenvalue weighted by molar-refractivity contribution is 5.87. The SMILES string of the molecule is NC(CCC(=O)NC(Cc1c[nH]c2ccccc12)C(=O)O)C(=O)O. The molecule has 1 amide bonds. The normalized spacial score (nSPS) is 13.4. The van der Waals surface area contributed by atoms with Gasteiger partial charge in [-0.1, -0.05) is 18.2 Å². The fourth-order valence-corrected chi connectivity index (χ4v) is 2.40. The van der Waals surface area contributed by atoms with Crippen molar-refractivity contribution in [2.24, 2.45) is 5.73 Å². The van der Waals surface area contributed by atoms with Crippen LogP contribution in [0.4, 0.5) is 0 Å². The third kappa shape index (κ3) is 4.32. The Morgan fingerprint density at radius 1 is 1.17 bits per heavy atom. The van der Waals surface area contributed by atoms with Gasteiger partial charge < -0.3 is 26.2 Å².